The Morgan fingerprint density at radius 2 is 2.09 bits per heavy atom. The predicted molar refractivity (Wildman–Crippen MR) is 89.0 cm³/mol. The molecule has 120 valence electrons. The van der Waals surface area contributed by atoms with Gasteiger partial charge in [-0.15, -0.1) is 0 Å². The maximum absolute atomic E-state index is 11.8. The van der Waals surface area contributed by atoms with Gasteiger partial charge in [0.25, 0.3) is 0 Å². The van der Waals surface area contributed by atoms with Crippen LogP contribution in [0.15, 0.2) is 41.3 Å². The summed E-state index contributed by atoms with van der Waals surface area (Å²) in [6.07, 6.45) is 10.2. The SMILES string of the molecule is CC1CCN(c2ncc(NC(=O)/C=C/c3ccco3)cn2)CC1. The van der Waals surface area contributed by atoms with Gasteiger partial charge in [0.15, 0.2) is 0 Å². The highest BCUT2D eigenvalue weighted by atomic mass is 16.3. The molecule has 1 saturated heterocycles. The van der Waals surface area contributed by atoms with Crippen molar-refractivity contribution in [2.24, 2.45) is 5.92 Å². The molecule has 3 rings (SSSR count). The lowest BCUT2D eigenvalue weighted by molar-refractivity contribution is -0.111. The second-order valence-electron chi connectivity index (χ2n) is 5.78. The number of hydrogen-bond donors (Lipinski definition) is 1. The van der Waals surface area contributed by atoms with E-state index in [1.165, 1.54) is 18.9 Å². The molecule has 2 aromatic rings. The quantitative estimate of drug-likeness (QED) is 0.879. The third kappa shape index (κ3) is 4.18. The molecule has 1 N–H and O–H groups in total. The van der Waals surface area contributed by atoms with Crippen molar-refractivity contribution in [2.75, 3.05) is 23.3 Å². The van der Waals surface area contributed by atoms with Crippen molar-refractivity contribution in [1.29, 1.82) is 0 Å². The predicted octanol–water partition coefficient (Wildman–Crippen LogP) is 2.96. The molecule has 0 spiro atoms. The summed E-state index contributed by atoms with van der Waals surface area (Å²) in [5, 5.41) is 2.73. The average Bonchev–Trinajstić information content (AvgIpc) is 3.08. The normalized spacial score (nSPS) is 16.0. The Morgan fingerprint density at radius 3 is 2.74 bits per heavy atom. The monoisotopic (exact) mass is 312 g/mol. The number of nitrogens with one attached hydrogen (secondary N) is 1. The first kappa shape index (κ1) is 15.3. The van der Waals surface area contributed by atoms with Crippen LogP contribution in [0.1, 0.15) is 25.5 Å². The van der Waals surface area contributed by atoms with Gasteiger partial charge < -0.3 is 14.6 Å². The fourth-order valence-corrected chi connectivity index (χ4v) is 2.49. The Bertz CT molecular complexity index is 656. The van der Waals surface area contributed by atoms with Gasteiger partial charge in [-0.3, -0.25) is 4.79 Å². The lowest BCUT2D eigenvalue weighted by Crippen LogP contribution is -2.34. The van der Waals surface area contributed by atoms with Crippen LogP contribution in [0.3, 0.4) is 0 Å². The molecule has 3 heterocycles. The zero-order chi connectivity index (χ0) is 16.1. The summed E-state index contributed by atoms with van der Waals surface area (Å²) in [5.74, 6) is 1.88. The van der Waals surface area contributed by atoms with Gasteiger partial charge in [0, 0.05) is 19.2 Å². The van der Waals surface area contributed by atoms with Crippen molar-refractivity contribution in [3.05, 3.63) is 42.6 Å². The van der Waals surface area contributed by atoms with E-state index in [-0.39, 0.29) is 5.91 Å². The molecule has 2 aromatic heterocycles. The molecule has 1 fully saturated rings. The third-order valence-corrected chi connectivity index (χ3v) is 3.91. The number of aromatic nitrogens is 2. The van der Waals surface area contributed by atoms with Gasteiger partial charge in [-0.2, -0.15) is 0 Å². The first-order valence-corrected chi connectivity index (χ1v) is 7.80. The van der Waals surface area contributed by atoms with Crippen molar-refractivity contribution in [2.45, 2.75) is 19.8 Å². The number of piperidine rings is 1. The molecule has 1 aliphatic heterocycles. The number of carbonyl (C=O) groups excluding carboxylic acids is 1. The molecule has 0 unspecified atom stereocenters. The minimum atomic E-state index is -0.246. The number of furan rings is 1. The largest absolute Gasteiger partial charge is 0.465 e. The number of anilines is 2. The van der Waals surface area contributed by atoms with Crippen molar-refractivity contribution in [3.63, 3.8) is 0 Å². The second kappa shape index (κ2) is 7.09. The van der Waals surface area contributed by atoms with Crippen molar-refractivity contribution >= 4 is 23.6 Å². The smallest absolute Gasteiger partial charge is 0.248 e. The van der Waals surface area contributed by atoms with Gasteiger partial charge in [-0.25, -0.2) is 9.97 Å². The minimum Gasteiger partial charge on any atom is -0.465 e. The lowest BCUT2D eigenvalue weighted by Gasteiger charge is -2.30. The molecular weight excluding hydrogens is 292 g/mol. The molecule has 6 heteroatoms. The molecule has 0 atom stereocenters. The van der Waals surface area contributed by atoms with Crippen LogP contribution in [-0.4, -0.2) is 29.0 Å². The van der Waals surface area contributed by atoms with E-state index < -0.39 is 0 Å². The molecule has 1 amide bonds. The van der Waals surface area contributed by atoms with E-state index in [9.17, 15) is 4.79 Å². The van der Waals surface area contributed by atoms with Crippen LogP contribution in [0.5, 0.6) is 0 Å². The van der Waals surface area contributed by atoms with Gasteiger partial charge in [0.1, 0.15) is 5.76 Å². The molecule has 0 aliphatic carbocycles. The first-order chi connectivity index (χ1) is 11.2. The number of carbonyl (C=O) groups is 1. The molecule has 0 aromatic carbocycles. The van der Waals surface area contributed by atoms with Crippen LogP contribution < -0.4 is 10.2 Å². The first-order valence-electron chi connectivity index (χ1n) is 7.80. The summed E-state index contributed by atoms with van der Waals surface area (Å²) in [7, 11) is 0. The van der Waals surface area contributed by atoms with Gasteiger partial charge in [0.2, 0.25) is 11.9 Å². The van der Waals surface area contributed by atoms with Gasteiger partial charge in [0.05, 0.1) is 24.3 Å². The molecule has 1 aliphatic rings. The van der Waals surface area contributed by atoms with Crippen LogP contribution in [0, 0.1) is 5.92 Å². The molecule has 0 radical (unpaired) electrons. The topological polar surface area (TPSA) is 71.3 Å². The van der Waals surface area contributed by atoms with Crippen LogP contribution in [0.4, 0.5) is 11.6 Å². The molecule has 23 heavy (non-hydrogen) atoms. The van der Waals surface area contributed by atoms with Crippen molar-refractivity contribution in [3.8, 4) is 0 Å². The molecule has 6 nitrogen and oxygen atoms in total. The van der Waals surface area contributed by atoms with E-state index in [1.54, 1.807) is 36.9 Å². The highest BCUT2D eigenvalue weighted by Gasteiger charge is 2.17. The fourth-order valence-electron chi connectivity index (χ4n) is 2.49. The summed E-state index contributed by atoms with van der Waals surface area (Å²) in [6.45, 7) is 4.24. The van der Waals surface area contributed by atoms with Gasteiger partial charge in [-0.1, -0.05) is 6.92 Å². The lowest BCUT2D eigenvalue weighted by atomic mass is 10.00. The minimum absolute atomic E-state index is 0.246. The maximum atomic E-state index is 11.8. The molecular formula is C17H20N4O2. The Morgan fingerprint density at radius 1 is 1.35 bits per heavy atom. The van der Waals surface area contributed by atoms with Crippen LogP contribution in [0.25, 0.3) is 6.08 Å². The van der Waals surface area contributed by atoms with Crippen LogP contribution >= 0.6 is 0 Å². The number of hydrogen-bond acceptors (Lipinski definition) is 5. The van der Waals surface area contributed by atoms with Crippen LogP contribution in [0.2, 0.25) is 0 Å². The zero-order valence-corrected chi connectivity index (χ0v) is 13.1. The van der Waals surface area contributed by atoms with Crippen LogP contribution in [-0.2, 0) is 4.79 Å². The van der Waals surface area contributed by atoms with E-state index in [4.69, 9.17) is 4.42 Å². The van der Waals surface area contributed by atoms with Crippen molar-refractivity contribution < 1.29 is 9.21 Å². The fraction of sp³-hybridized carbons (Fsp3) is 0.353. The van der Waals surface area contributed by atoms with Crippen molar-refractivity contribution in [1.82, 2.24) is 9.97 Å². The maximum Gasteiger partial charge on any atom is 0.248 e. The molecule has 0 bridgehead atoms. The summed E-state index contributed by atoms with van der Waals surface area (Å²) >= 11 is 0. The Kier molecular flexibility index (Phi) is 4.71. The Balaban J connectivity index is 1.56. The van der Waals surface area contributed by atoms with Gasteiger partial charge in [-0.05, 0) is 37.0 Å². The zero-order valence-electron chi connectivity index (χ0n) is 13.1. The number of rotatable bonds is 4. The summed E-state index contributed by atoms with van der Waals surface area (Å²) < 4.78 is 5.13. The summed E-state index contributed by atoms with van der Waals surface area (Å²) in [5.41, 5.74) is 0.577. The van der Waals surface area contributed by atoms with E-state index in [1.807, 2.05) is 0 Å². The number of amides is 1. The Hall–Kier alpha value is -2.63. The highest BCUT2D eigenvalue weighted by molar-refractivity contribution is 6.01. The average molecular weight is 312 g/mol. The van der Waals surface area contributed by atoms with Gasteiger partial charge >= 0.3 is 0 Å². The summed E-state index contributed by atoms with van der Waals surface area (Å²) in [6, 6.07) is 3.55. The Labute approximate surface area is 135 Å². The van der Waals surface area contributed by atoms with E-state index in [0.717, 1.165) is 25.0 Å². The standard InChI is InChI=1S/C17H20N4O2/c1-13-6-8-21(9-7-13)17-18-11-14(12-19-17)20-16(22)5-4-15-3-2-10-23-15/h2-5,10-13H,6-9H2,1H3,(H,20,22)/b5-4+. The van der Waals surface area contributed by atoms with E-state index in [0.29, 0.717) is 11.4 Å². The number of nitrogens with zero attached hydrogens (tertiary/aromatic N) is 3. The third-order valence-electron chi connectivity index (χ3n) is 3.91. The summed E-state index contributed by atoms with van der Waals surface area (Å²) in [4.78, 5) is 22.7. The highest BCUT2D eigenvalue weighted by Crippen LogP contribution is 2.20. The molecule has 0 saturated carbocycles. The van der Waals surface area contributed by atoms with E-state index >= 15 is 0 Å². The second-order valence-corrected chi connectivity index (χ2v) is 5.78. The van der Waals surface area contributed by atoms with E-state index in [2.05, 4.69) is 27.1 Å².